The second-order valence-corrected chi connectivity index (χ2v) is 4.26. The van der Waals surface area contributed by atoms with E-state index in [2.05, 4.69) is 23.2 Å². The number of anilines is 1. The van der Waals surface area contributed by atoms with Crippen molar-refractivity contribution in [2.45, 2.75) is 0 Å². The van der Waals surface area contributed by atoms with E-state index in [0.29, 0.717) is 0 Å². The number of nitrogens with zero attached hydrogens (tertiary/aromatic N) is 3. The van der Waals surface area contributed by atoms with Crippen molar-refractivity contribution in [2.75, 3.05) is 11.9 Å². The zero-order chi connectivity index (χ0) is 12.4. The molecule has 2 radical (unpaired) electrons. The maximum atomic E-state index is 4.49. The van der Waals surface area contributed by atoms with E-state index in [4.69, 9.17) is 0 Å². The van der Waals surface area contributed by atoms with Crippen LogP contribution in [0.5, 0.6) is 0 Å². The summed E-state index contributed by atoms with van der Waals surface area (Å²) >= 11 is 0. The van der Waals surface area contributed by atoms with Crippen LogP contribution in [0, 0.1) is 0 Å². The van der Waals surface area contributed by atoms with Crippen molar-refractivity contribution in [3.05, 3.63) is 61.1 Å². The van der Waals surface area contributed by atoms with Crippen LogP contribution >= 0.6 is 0 Å². The fraction of sp³-hybridized carbons (Fsp3) is 0.0714. The van der Waals surface area contributed by atoms with Crippen molar-refractivity contribution in [1.29, 1.82) is 0 Å². The molecule has 3 rings (SSSR count). The Balaban J connectivity index is 0.00000133. The molecule has 0 saturated heterocycles. The molecule has 0 bridgehead atoms. The van der Waals surface area contributed by atoms with E-state index in [1.54, 1.807) is 0 Å². The predicted molar refractivity (Wildman–Crippen MR) is 74.8 cm³/mol. The van der Waals surface area contributed by atoms with Crippen LogP contribution in [-0.2, 0) is 20.1 Å². The van der Waals surface area contributed by atoms with Gasteiger partial charge in [-0.3, -0.25) is 0 Å². The number of rotatable bonds is 2. The Morgan fingerprint density at radius 1 is 0.947 bits per heavy atom. The van der Waals surface area contributed by atoms with Gasteiger partial charge in [0.1, 0.15) is 5.82 Å². The Labute approximate surface area is 127 Å². The molecule has 96 valence electrons. The van der Waals surface area contributed by atoms with Gasteiger partial charge in [-0.05, 0) is 24.7 Å². The molecule has 0 N–H and O–H groups in total. The van der Waals surface area contributed by atoms with Crippen LogP contribution in [0.15, 0.2) is 61.1 Å². The third kappa shape index (κ3) is 3.06. The van der Waals surface area contributed by atoms with E-state index in [9.17, 15) is 0 Å². The summed E-state index contributed by atoms with van der Waals surface area (Å²) in [6, 6.07) is 14.4. The van der Waals surface area contributed by atoms with Gasteiger partial charge in [-0.25, -0.2) is 4.98 Å². The monoisotopic (exact) mass is 427 g/mol. The summed E-state index contributed by atoms with van der Waals surface area (Å²) in [4.78, 5) is 8.48. The summed E-state index contributed by atoms with van der Waals surface area (Å²) in [7, 11) is 3.99. The Hall–Kier alpha value is -1.58. The van der Waals surface area contributed by atoms with E-state index in [-0.39, 0.29) is 20.1 Å². The molecule has 3 nitrogen and oxygen atoms in total. The topological polar surface area (TPSA) is 19.4 Å². The molecule has 2 heterocycles. The quantitative estimate of drug-likeness (QED) is 0.689. The van der Waals surface area contributed by atoms with Crippen LogP contribution < -0.4 is 4.81 Å². The van der Waals surface area contributed by atoms with Gasteiger partial charge in [0, 0.05) is 44.3 Å². The van der Waals surface area contributed by atoms with Crippen LogP contribution in [0.1, 0.15) is 0 Å². The van der Waals surface area contributed by atoms with Crippen molar-refractivity contribution in [3.63, 3.8) is 0 Å². The smallest absolute Gasteiger partial charge is 0.396 e. The van der Waals surface area contributed by atoms with Gasteiger partial charge in [0.15, 0.2) is 0 Å². The molecule has 2 aromatic rings. The van der Waals surface area contributed by atoms with Gasteiger partial charge >= 0.3 is 7.55 Å². The molecule has 0 amide bonds. The largest absolute Gasteiger partial charge is 0.406 e. The number of pyridine rings is 1. The van der Waals surface area contributed by atoms with Crippen LogP contribution in [0.3, 0.4) is 0 Å². The van der Waals surface area contributed by atoms with E-state index < -0.39 is 0 Å². The summed E-state index contributed by atoms with van der Waals surface area (Å²) in [5.41, 5.74) is 2.32. The van der Waals surface area contributed by atoms with E-state index in [1.165, 1.54) is 5.56 Å². The molecule has 1 aromatic carbocycles. The molecule has 1 aliphatic rings. The molecular weight excluding hydrogens is 413 g/mol. The molecule has 0 aliphatic carbocycles. The summed E-state index contributed by atoms with van der Waals surface area (Å²) in [5, 5.41) is 0. The molecule has 0 atom stereocenters. The number of aromatic nitrogens is 1. The normalized spacial score (nSPS) is 13.1. The minimum absolute atomic E-state index is 0. The Bertz CT molecular complexity index is 557. The Kier molecular flexibility index (Phi) is 4.41. The van der Waals surface area contributed by atoms with Gasteiger partial charge in [0.2, 0.25) is 0 Å². The molecule has 1 aliphatic heterocycles. The van der Waals surface area contributed by atoms with E-state index in [1.807, 2.05) is 67.1 Å². The van der Waals surface area contributed by atoms with E-state index >= 15 is 0 Å². The molecule has 5 heteroatoms. The average molecular weight is 426 g/mol. The molecule has 1 aromatic heterocycles. The molecule has 0 saturated carbocycles. The van der Waals surface area contributed by atoms with Gasteiger partial charge in [0.05, 0.1) is 0 Å². The first kappa shape index (κ1) is 13.8. The van der Waals surface area contributed by atoms with Gasteiger partial charge in [0.25, 0.3) is 0 Å². The standard InChI is InChI=1S/C14H13BN3.Ir/c1-17-9-10-18(15-17)14-8-7-13(11-16-14)12-5-3-2-4-6-12;/h2-11H,1H3;. The van der Waals surface area contributed by atoms with Crippen molar-refractivity contribution >= 4 is 13.4 Å². The fourth-order valence-electron chi connectivity index (χ4n) is 1.93. The molecule has 0 fully saturated rings. The molecule has 0 unspecified atom stereocenters. The van der Waals surface area contributed by atoms with Crippen molar-refractivity contribution in [1.82, 2.24) is 9.79 Å². The van der Waals surface area contributed by atoms with Crippen molar-refractivity contribution < 1.29 is 20.1 Å². The summed E-state index contributed by atoms with van der Waals surface area (Å²) in [6.45, 7) is 0. The first-order valence-electron chi connectivity index (χ1n) is 5.88. The maximum Gasteiger partial charge on any atom is 0.396 e. The molecule has 0 spiro atoms. The van der Waals surface area contributed by atoms with Crippen LogP contribution in [-0.4, -0.2) is 24.4 Å². The minimum atomic E-state index is 0. The first-order chi connectivity index (χ1) is 8.83. The summed E-state index contributed by atoms with van der Waals surface area (Å²) in [5.74, 6) is 0.926. The predicted octanol–water partition coefficient (Wildman–Crippen LogP) is 2.50. The average Bonchev–Trinajstić information content (AvgIpc) is 2.87. The molecular formula is C14H13BIrN3. The van der Waals surface area contributed by atoms with Crippen LogP contribution in [0.25, 0.3) is 11.1 Å². The van der Waals surface area contributed by atoms with Crippen LogP contribution in [0.4, 0.5) is 5.82 Å². The second kappa shape index (κ2) is 6.05. The van der Waals surface area contributed by atoms with Gasteiger partial charge in [-0.2, -0.15) is 0 Å². The van der Waals surface area contributed by atoms with Gasteiger partial charge in [-0.15, -0.1) is 0 Å². The van der Waals surface area contributed by atoms with Crippen molar-refractivity contribution in [2.24, 2.45) is 0 Å². The Morgan fingerprint density at radius 3 is 2.32 bits per heavy atom. The first-order valence-corrected chi connectivity index (χ1v) is 5.88. The zero-order valence-corrected chi connectivity index (χ0v) is 12.9. The van der Waals surface area contributed by atoms with Crippen molar-refractivity contribution in [3.8, 4) is 11.1 Å². The van der Waals surface area contributed by atoms with Crippen LogP contribution in [0.2, 0.25) is 0 Å². The third-order valence-electron chi connectivity index (χ3n) is 2.89. The van der Waals surface area contributed by atoms with Gasteiger partial charge < -0.3 is 9.62 Å². The summed E-state index contributed by atoms with van der Waals surface area (Å²) < 4.78 is 0. The second-order valence-electron chi connectivity index (χ2n) is 4.26. The number of hydrogen-bond acceptors (Lipinski definition) is 3. The number of benzene rings is 1. The van der Waals surface area contributed by atoms with Gasteiger partial charge in [-0.1, -0.05) is 30.3 Å². The minimum Gasteiger partial charge on any atom is -0.406 e. The molecule has 19 heavy (non-hydrogen) atoms. The fourth-order valence-corrected chi connectivity index (χ4v) is 1.93. The zero-order valence-electron chi connectivity index (χ0n) is 10.5. The number of hydrogen-bond donors (Lipinski definition) is 0. The van der Waals surface area contributed by atoms with E-state index in [0.717, 1.165) is 11.4 Å². The Morgan fingerprint density at radius 2 is 1.74 bits per heavy atom. The maximum absolute atomic E-state index is 4.49. The third-order valence-corrected chi connectivity index (χ3v) is 2.89. The SMILES string of the molecule is CN1[B]N(c2ccc(-c3ccccc3)cn2)C=C1.[Ir]. The summed E-state index contributed by atoms with van der Waals surface area (Å²) in [6.07, 6.45) is 5.89.